The van der Waals surface area contributed by atoms with Gasteiger partial charge in [0.15, 0.2) is 0 Å². The van der Waals surface area contributed by atoms with Crippen molar-refractivity contribution in [3.63, 3.8) is 0 Å². The Hall–Kier alpha value is -2.36. The van der Waals surface area contributed by atoms with Gasteiger partial charge in [0, 0.05) is 114 Å². The van der Waals surface area contributed by atoms with Gasteiger partial charge < -0.3 is 40.9 Å². The van der Waals surface area contributed by atoms with Crippen LogP contribution in [0, 0.1) is 11.3 Å². The van der Waals surface area contributed by atoms with Crippen molar-refractivity contribution >= 4 is 23.6 Å². The number of piperazine rings is 3. The molecule has 0 bridgehead atoms. The second kappa shape index (κ2) is 34.9. The molecule has 69 heavy (non-hydrogen) atoms. The molecule has 4 amide bonds. The van der Waals surface area contributed by atoms with Gasteiger partial charge in [0.1, 0.15) is 0 Å². The lowest BCUT2D eigenvalue weighted by molar-refractivity contribution is -0.138. The SMILES string of the molecule is CC(C)(C)C1CCNCC1.CC(C)(C)N1CCCCC1=O.CC(C)N1CCCCC1.CC(C)N1CCCCC1=O.CC(C)N1CCNC(=O)C1.CC(C)N1CCNCC1.CC(C)N1CCNCC1=O. The van der Waals surface area contributed by atoms with E-state index in [9.17, 15) is 19.2 Å². The van der Waals surface area contributed by atoms with E-state index in [0.29, 0.717) is 48.4 Å². The van der Waals surface area contributed by atoms with Gasteiger partial charge in [0.05, 0.1) is 13.1 Å². The van der Waals surface area contributed by atoms with Gasteiger partial charge in [-0.1, -0.05) is 27.2 Å². The number of carbonyl (C=O) groups excluding carboxylic acids is 4. The number of likely N-dealkylation sites (tertiary alicyclic amines) is 3. The Morgan fingerprint density at radius 3 is 1.23 bits per heavy atom. The molecule has 7 saturated heterocycles. The highest BCUT2D eigenvalue weighted by molar-refractivity contribution is 5.79. The lowest BCUT2D eigenvalue weighted by Gasteiger charge is -2.38. The summed E-state index contributed by atoms with van der Waals surface area (Å²) in [6, 6.07) is 2.74. The fraction of sp³-hybridized carbons (Fsp3) is 0.927. The van der Waals surface area contributed by atoms with Crippen LogP contribution in [0.5, 0.6) is 0 Å². The molecule has 7 heterocycles. The van der Waals surface area contributed by atoms with Crippen LogP contribution in [0.25, 0.3) is 0 Å². The molecule has 0 aromatic carbocycles. The Bertz CT molecular complexity index is 1320. The van der Waals surface area contributed by atoms with Crippen molar-refractivity contribution < 1.29 is 19.2 Å². The number of rotatable bonds is 5. The van der Waals surface area contributed by atoms with Crippen LogP contribution < -0.4 is 21.3 Å². The minimum atomic E-state index is 0.0253. The smallest absolute Gasteiger partial charge is 0.236 e. The molecule has 0 aliphatic carbocycles. The quantitative estimate of drug-likeness (QED) is 0.227. The van der Waals surface area contributed by atoms with Gasteiger partial charge in [-0.05, 0) is 179 Å². The molecule has 0 aromatic heterocycles. The largest absolute Gasteiger partial charge is 0.354 e. The number of amides is 4. The zero-order valence-electron chi connectivity index (χ0n) is 47.9. The topological polar surface area (TPSA) is 136 Å². The average molecular weight is 978 g/mol. The van der Waals surface area contributed by atoms with Gasteiger partial charge in [-0.15, -0.1) is 0 Å². The third-order valence-corrected chi connectivity index (χ3v) is 14.2. The molecule has 0 spiro atoms. The summed E-state index contributed by atoms with van der Waals surface area (Å²) in [4.78, 5) is 57.5. The Kier molecular flexibility index (Phi) is 32.7. The maximum absolute atomic E-state index is 11.4. The Morgan fingerprint density at radius 1 is 0.435 bits per heavy atom. The van der Waals surface area contributed by atoms with Gasteiger partial charge in [-0.2, -0.15) is 0 Å². The van der Waals surface area contributed by atoms with E-state index >= 15 is 0 Å². The summed E-state index contributed by atoms with van der Waals surface area (Å²) in [7, 11) is 0. The van der Waals surface area contributed by atoms with E-state index < -0.39 is 0 Å². The molecule has 0 atom stereocenters. The lowest BCUT2D eigenvalue weighted by atomic mass is 9.76. The summed E-state index contributed by atoms with van der Waals surface area (Å²) >= 11 is 0. The minimum absolute atomic E-state index is 0.0253. The highest BCUT2D eigenvalue weighted by Crippen LogP contribution is 2.32. The van der Waals surface area contributed by atoms with Crippen molar-refractivity contribution in [2.75, 3.05) is 105 Å². The van der Waals surface area contributed by atoms with E-state index in [1.807, 2.05) is 28.5 Å². The molecule has 0 saturated carbocycles. The van der Waals surface area contributed by atoms with E-state index in [0.717, 1.165) is 96.0 Å². The molecule has 406 valence electrons. The highest BCUT2D eigenvalue weighted by atomic mass is 16.2. The van der Waals surface area contributed by atoms with Gasteiger partial charge in [-0.3, -0.25) is 29.0 Å². The number of carbonyl (C=O) groups is 4. The molecule has 7 rings (SSSR count). The molecule has 7 aliphatic heterocycles. The fourth-order valence-corrected chi connectivity index (χ4v) is 9.48. The molecule has 0 radical (unpaired) electrons. The van der Waals surface area contributed by atoms with Crippen molar-refractivity contribution in [1.29, 1.82) is 0 Å². The van der Waals surface area contributed by atoms with Gasteiger partial charge >= 0.3 is 0 Å². The van der Waals surface area contributed by atoms with Crippen molar-refractivity contribution in [3.05, 3.63) is 0 Å². The molecule has 7 aliphatic rings. The van der Waals surface area contributed by atoms with Crippen LogP contribution in [0.4, 0.5) is 0 Å². The summed E-state index contributed by atoms with van der Waals surface area (Å²) in [5.74, 6) is 1.97. The van der Waals surface area contributed by atoms with Crippen molar-refractivity contribution in [3.8, 4) is 0 Å². The van der Waals surface area contributed by atoms with Crippen molar-refractivity contribution in [2.24, 2.45) is 11.3 Å². The molecular formula is C55H112N10O4. The predicted molar refractivity (Wildman–Crippen MR) is 291 cm³/mol. The molecule has 7 fully saturated rings. The van der Waals surface area contributed by atoms with Crippen LogP contribution in [-0.2, 0) is 19.2 Å². The Labute approximate surface area is 425 Å². The van der Waals surface area contributed by atoms with Crippen LogP contribution in [0.1, 0.15) is 181 Å². The van der Waals surface area contributed by atoms with E-state index in [1.165, 1.54) is 84.2 Å². The number of nitrogens with one attached hydrogen (secondary N) is 4. The third-order valence-electron chi connectivity index (χ3n) is 14.2. The fourth-order valence-electron chi connectivity index (χ4n) is 9.48. The minimum Gasteiger partial charge on any atom is -0.354 e. The van der Waals surface area contributed by atoms with E-state index in [4.69, 9.17) is 0 Å². The van der Waals surface area contributed by atoms with Crippen molar-refractivity contribution in [1.82, 2.24) is 50.7 Å². The Morgan fingerprint density at radius 2 is 0.884 bits per heavy atom. The maximum atomic E-state index is 11.4. The Balaban J connectivity index is 0.000000403. The zero-order chi connectivity index (χ0) is 52.2. The lowest BCUT2D eigenvalue weighted by Crippen LogP contribution is -2.50. The molecule has 4 N–H and O–H groups in total. The van der Waals surface area contributed by atoms with Crippen molar-refractivity contribution in [2.45, 2.75) is 217 Å². The first-order valence-electron chi connectivity index (χ1n) is 27.9. The highest BCUT2D eigenvalue weighted by Gasteiger charge is 2.28. The zero-order valence-corrected chi connectivity index (χ0v) is 47.9. The molecular weight excluding hydrogens is 865 g/mol. The molecule has 14 heteroatoms. The van der Waals surface area contributed by atoms with Crippen LogP contribution >= 0.6 is 0 Å². The molecule has 14 nitrogen and oxygen atoms in total. The van der Waals surface area contributed by atoms with Gasteiger partial charge in [0.2, 0.25) is 23.6 Å². The number of piperidine rings is 4. The van der Waals surface area contributed by atoms with Crippen LogP contribution in [-0.4, -0.2) is 193 Å². The average Bonchev–Trinajstić information content (AvgIpc) is 3.31. The number of hydrogen-bond donors (Lipinski definition) is 4. The number of hydrogen-bond acceptors (Lipinski definition) is 10. The molecule has 0 unspecified atom stereocenters. The van der Waals surface area contributed by atoms with Gasteiger partial charge in [-0.25, -0.2) is 0 Å². The summed E-state index contributed by atoms with van der Waals surface area (Å²) < 4.78 is 0. The first-order chi connectivity index (χ1) is 32.4. The van der Waals surface area contributed by atoms with E-state index in [2.05, 4.69) is 133 Å². The predicted octanol–water partition coefficient (Wildman–Crippen LogP) is 7.07. The molecule has 0 aromatic rings. The first-order valence-corrected chi connectivity index (χ1v) is 27.9. The summed E-state index contributed by atoms with van der Waals surface area (Å²) in [6.45, 7) is 51.3. The van der Waals surface area contributed by atoms with E-state index in [-0.39, 0.29) is 17.4 Å². The third kappa shape index (κ3) is 28.5. The van der Waals surface area contributed by atoms with Crippen LogP contribution in [0.3, 0.4) is 0 Å². The summed E-state index contributed by atoms with van der Waals surface area (Å²) in [5, 5.41) is 12.5. The first kappa shape index (κ1) is 64.7. The monoisotopic (exact) mass is 977 g/mol. The normalized spacial score (nSPS) is 21.6. The second-order valence-electron chi connectivity index (χ2n) is 23.5. The standard InChI is InChI=1S/C9H17NO.C9H19N.C8H15NO.C8H17N.2C7H14N2O.C7H16N2/c1-9(2,3)10-7-5-4-6-8(10)11;1-9(2,3)8-4-6-10-7-5-8;1-7(2)9-6-4-3-5-8(9)10;1-8(2)9-6-4-3-5-7-9;1-6(2)9-4-3-8-7(10)5-9;1-6(2)9-4-3-8-5-7(9)10;1-7(2)9-5-3-8-4-6-9/h4-7H2,1-3H3;8,10H,4-7H2,1-3H3;7H,3-6H2,1-2H3;8H,3-7H2,1-2H3;6H,3-5H2,1-2H3,(H,8,10);6,8H,3-5H2,1-2H3;7-8H,3-6H2,1-2H3. The van der Waals surface area contributed by atoms with Gasteiger partial charge in [0.25, 0.3) is 0 Å². The van der Waals surface area contributed by atoms with Crippen LogP contribution in [0.2, 0.25) is 0 Å². The van der Waals surface area contributed by atoms with Crippen LogP contribution in [0.15, 0.2) is 0 Å². The summed E-state index contributed by atoms with van der Waals surface area (Å²) in [6.07, 6.45) is 13.0. The second-order valence-corrected chi connectivity index (χ2v) is 23.5. The number of nitrogens with zero attached hydrogens (tertiary/aromatic N) is 6. The van der Waals surface area contributed by atoms with E-state index in [1.54, 1.807) is 0 Å². The summed E-state index contributed by atoms with van der Waals surface area (Å²) in [5.41, 5.74) is 0.555. The maximum Gasteiger partial charge on any atom is 0.236 e.